The number of hydrazine groups is 1. The largest absolute Gasteiger partial charge is 0.352 e. The minimum atomic E-state index is -0.0894. The van der Waals surface area contributed by atoms with E-state index in [0.717, 1.165) is 32.2 Å². The molecule has 3 fully saturated rings. The van der Waals surface area contributed by atoms with Crippen LogP contribution in [0.1, 0.15) is 56.9 Å². The highest BCUT2D eigenvalue weighted by atomic mass is 16.2. The van der Waals surface area contributed by atoms with Gasteiger partial charge in [0.1, 0.15) is 6.04 Å². The number of amides is 1. The summed E-state index contributed by atoms with van der Waals surface area (Å²) in [5.74, 6) is 0.184. The summed E-state index contributed by atoms with van der Waals surface area (Å²) in [6.45, 7) is 2.28. The zero-order chi connectivity index (χ0) is 18.5. The quantitative estimate of drug-likeness (QED) is 0.720. The Bertz CT molecular complexity index is 602. The summed E-state index contributed by atoms with van der Waals surface area (Å²) in [7, 11) is 0. The number of rotatable bonds is 6. The lowest BCUT2D eigenvalue weighted by atomic mass is 9.92. The number of carbonyl (C=O) groups is 1. The highest BCUT2D eigenvalue weighted by molar-refractivity contribution is 5.82. The van der Waals surface area contributed by atoms with E-state index in [0.29, 0.717) is 18.1 Å². The Morgan fingerprint density at radius 3 is 2.63 bits per heavy atom. The zero-order valence-electron chi connectivity index (χ0n) is 16.3. The van der Waals surface area contributed by atoms with Crippen LogP contribution in [0.2, 0.25) is 0 Å². The molecule has 1 aromatic carbocycles. The van der Waals surface area contributed by atoms with Gasteiger partial charge in [-0.05, 0) is 50.6 Å². The maximum absolute atomic E-state index is 12.6. The molecule has 3 atom stereocenters. The van der Waals surface area contributed by atoms with Gasteiger partial charge in [-0.15, -0.1) is 0 Å². The van der Waals surface area contributed by atoms with Crippen LogP contribution in [-0.2, 0) is 11.2 Å². The Hall–Kier alpha value is -1.43. The number of likely N-dealkylation sites (tertiary alicyclic amines) is 1. The van der Waals surface area contributed by atoms with Crippen LogP contribution >= 0.6 is 0 Å². The lowest BCUT2D eigenvalue weighted by Crippen LogP contribution is -2.52. The van der Waals surface area contributed by atoms with Crippen molar-refractivity contribution < 1.29 is 4.79 Å². The van der Waals surface area contributed by atoms with Crippen LogP contribution in [0.5, 0.6) is 0 Å². The summed E-state index contributed by atoms with van der Waals surface area (Å²) in [6.07, 6.45) is 10.6. The van der Waals surface area contributed by atoms with Gasteiger partial charge in [0.05, 0.1) is 0 Å². The Balaban J connectivity index is 1.30. The van der Waals surface area contributed by atoms with Gasteiger partial charge in [0.15, 0.2) is 0 Å². The first-order valence-electron chi connectivity index (χ1n) is 10.9. The van der Waals surface area contributed by atoms with Gasteiger partial charge in [-0.1, -0.05) is 49.6 Å². The van der Waals surface area contributed by atoms with Crippen LogP contribution < -0.4 is 16.2 Å². The summed E-state index contributed by atoms with van der Waals surface area (Å²) in [5.41, 5.74) is 8.15. The van der Waals surface area contributed by atoms with E-state index in [-0.39, 0.29) is 11.9 Å². The molecule has 0 radical (unpaired) electrons. The zero-order valence-corrected chi connectivity index (χ0v) is 16.3. The van der Waals surface area contributed by atoms with Crippen molar-refractivity contribution in [1.29, 1.82) is 0 Å². The van der Waals surface area contributed by atoms with Crippen molar-refractivity contribution in [2.75, 3.05) is 13.1 Å². The molecule has 0 bridgehead atoms. The lowest BCUT2D eigenvalue weighted by molar-refractivity contribution is -0.123. The predicted octanol–water partition coefficient (Wildman–Crippen LogP) is 2.38. The second kappa shape index (κ2) is 9.18. The summed E-state index contributed by atoms with van der Waals surface area (Å²) in [5, 5.41) is 3.25. The van der Waals surface area contributed by atoms with Gasteiger partial charge < -0.3 is 5.32 Å². The molecule has 2 saturated heterocycles. The van der Waals surface area contributed by atoms with Crippen LogP contribution in [0.3, 0.4) is 0 Å². The highest BCUT2D eigenvalue weighted by Crippen LogP contribution is 2.25. The van der Waals surface area contributed by atoms with E-state index in [1.54, 1.807) is 0 Å². The lowest BCUT2D eigenvalue weighted by Gasteiger charge is -2.39. The average molecular weight is 371 g/mol. The molecule has 3 aliphatic rings. The molecule has 2 aliphatic heterocycles. The summed E-state index contributed by atoms with van der Waals surface area (Å²) in [6, 6.07) is 12.0. The molecule has 1 saturated carbocycles. The number of nitrogens with one attached hydrogen (secondary N) is 3. The van der Waals surface area contributed by atoms with Crippen molar-refractivity contribution in [3.63, 3.8) is 0 Å². The van der Waals surface area contributed by atoms with Crippen molar-refractivity contribution in [2.45, 2.75) is 82.0 Å². The van der Waals surface area contributed by atoms with Gasteiger partial charge >= 0.3 is 0 Å². The third-order valence-electron chi connectivity index (χ3n) is 6.61. The number of hydrogen-bond donors (Lipinski definition) is 3. The Morgan fingerprint density at radius 1 is 1.04 bits per heavy atom. The number of hydrogen-bond acceptors (Lipinski definition) is 4. The monoisotopic (exact) mass is 370 g/mol. The molecule has 27 heavy (non-hydrogen) atoms. The van der Waals surface area contributed by atoms with Gasteiger partial charge in [0, 0.05) is 24.7 Å². The van der Waals surface area contributed by atoms with Crippen LogP contribution in [0.15, 0.2) is 30.3 Å². The first kappa shape index (κ1) is 18.9. The Labute approximate surface area is 163 Å². The van der Waals surface area contributed by atoms with Crippen molar-refractivity contribution in [3.8, 4) is 0 Å². The Kier molecular flexibility index (Phi) is 6.43. The fourth-order valence-corrected chi connectivity index (χ4v) is 5.04. The normalized spacial score (nSPS) is 29.9. The molecule has 0 aromatic heterocycles. The first-order valence-corrected chi connectivity index (χ1v) is 10.9. The molecule has 5 heteroatoms. The first-order chi connectivity index (χ1) is 13.3. The number of piperidine rings is 1. The van der Waals surface area contributed by atoms with Gasteiger partial charge in [0.2, 0.25) is 5.91 Å². The molecule has 2 heterocycles. The summed E-state index contributed by atoms with van der Waals surface area (Å²) in [4.78, 5) is 15.2. The molecule has 4 rings (SSSR count). The van der Waals surface area contributed by atoms with Crippen molar-refractivity contribution in [1.82, 2.24) is 21.1 Å². The van der Waals surface area contributed by atoms with E-state index in [4.69, 9.17) is 0 Å². The maximum atomic E-state index is 12.6. The molecule has 1 aromatic rings. The molecule has 3 N–H and O–H groups in total. The average Bonchev–Trinajstić information content (AvgIpc) is 3.39. The van der Waals surface area contributed by atoms with E-state index >= 15 is 0 Å². The minimum absolute atomic E-state index is 0.0894. The SMILES string of the molecule is O=C(NC1CCCC1)C1CC(C2CCCCN2CCc2ccccc2)NN1. The summed E-state index contributed by atoms with van der Waals surface area (Å²) < 4.78 is 0. The van der Waals surface area contributed by atoms with Gasteiger partial charge in [0.25, 0.3) is 0 Å². The van der Waals surface area contributed by atoms with Gasteiger partial charge in [-0.2, -0.15) is 0 Å². The molecule has 3 unspecified atom stereocenters. The van der Waals surface area contributed by atoms with Gasteiger partial charge in [-0.3, -0.25) is 15.1 Å². The third kappa shape index (κ3) is 4.89. The fourth-order valence-electron chi connectivity index (χ4n) is 5.04. The molecule has 0 spiro atoms. The molecule has 1 amide bonds. The summed E-state index contributed by atoms with van der Waals surface area (Å²) >= 11 is 0. The molecule has 148 valence electrons. The molecular weight excluding hydrogens is 336 g/mol. The predicted molar refractivity (Wildman–Crippen MR) is 108 cm³/mol. The topological polar surface area (TPSA) is 56.4 Å². The molecular formula is C22H34N4O. The third-order valence-corrected chi connectivity index (χ3v) is 6.61. The van der Waals surface area contributed by atoms with E-state index in [9.17, 15) is 4.79 Å². The van der Waals surface area contributed by atoms with Crippen LogP contribution in [0.4, 0.5) is 0 Å². The van der Waals surface area contributed by atoms with Gasteiger partial charge in [-0.25, -0.2) is 5.43 Å². The highest BCUT2D eigenvalue weighted by Gasteiger charge is 2.37. The van der Waals surface area contributed by atoms with E-state index in [2.05, 4.69) is 51.4 Å². The maximum Gasteiger partial charge on any atom is 0.238 e. The number of nitrogens with zero attached hydrogens (tertiary/aromatic N) is 1. The van der Waals surface area contributed by atoms with Crippen molar-refractivity contribution in [2.24, 2.45) is 0 Å². The fraction of sp³-hybridized carbons (Fsp3) is 0.682. The van der Waals surface area contributed by atoms with E-state index in [1.807, 2.05) is 0 Å². The smallest absolute Gasteiger partial charge is 0.238 e. The van der Waals surface area contributed by atoms with E-state index < -0.39 is 0 Å². The second-order valence-corrected chi connectivity index (χ2v) is 8.51. The van der Waals surface area contributed by atoms with Crippen LogP contribution in [-0.4, -0.2) is 48.1 Å². The number of carbonyl (C=O) groups excluding carboxylic acids is 1. The molecule has 1 aliphatic carbocycles. The minimum Gasteiger partial charge on any atom is -0.352 e. The van der Waals surface area contributed by atoms with Crippen LogP contribution in [0.25, 0.3) is 0 Å². The number of benzene rings is 1. The standard InChI is InChI=1S/C22H34N4O/c27-22(23-18-10-4-5-11-18)20-16-19(24-25-20)21-12-6-7-14-26(21)15-13-17-8-2-1-3-9-17/h1-3,8-9,18-21,24-25H,4-7,10-16H2,(H,23,27). The second-order valence-electron chi connectivity index (χ2n) is 8.51. The molecule has 5 nitrogen and oxygen atoms in total. The Morgan fingerprint density at radius 2 is 1.81 bits per heavy atom. The van der Waals surface area contributed by atoms with E-state index in [1.165, 1.54) is 44.2 Å². The van der Waals surface area contributed by atoms with Crippen molar-refractivity contribution in [3.05, 3.63) is 35.9 Å². The van der Waals surface area contributed by atoms with Crippen molar-refractivity contribution >= 4 is 5.91 Å². The van der Waals surface area contributed by atoms with Crippen LogP contribution in [0, 0.1) is 0 Å².